The lowest BCUT2D eigenvalue weighted by Gasteiger charge is -2.47. The van der Waals surface area contributed by atoms with Gasteiger partial charge in [-0.2, -0.15) is 0 Å². The van der Waals surface area contributed by atoms with Crippen molar-refractivity contribution in [1.82, 2.24) is 0 Å². The van der Waals surface area contributed by atoms with Crippen LogP contribution in [0.3, 0.4) is 0 Å². The molecule has 114 valence electrons. The molecule has 0 saturated carbocycles. The summed E-state index contributed by atoms with van der Waals surface area (Å²) in [6.07, 6.45) is 8.56. The number of carboxylic acid groups (broad SMARTS) is 1. The van der Waals surface area contributed by atoms with Crippen LogP contribution in [0.5, 0.6) is 0 Å². The minimum Gasteiger partial charge on any atom is -0.481 e. The van der Waals surface area contributed by atoms with E-state index in [0.29, 0.717) is 6.61 Å². The molecular weight excluding hydrogens is 252 g/mol. The zero-order chi connectivity index (χ0) is 15.4. The van der Waals surface area contributed by atoms with Crippen molar-refractivity contribution in [3.05, 3.63) is 23.8 Å². The summed E-state index contributed by atoms with van der Waals surface area (Å²) in [4.78, 5) is 12.1. The molecular formula is C17H28O3. The summed E-state index contributed by atoms with van der Waals surface area (Å²) in [7, 11) is 1.68. The van der Waals surface area contributed by atoms with Crippen molar-refractivity contribution in [3.63, 3.8) is 0 Å². The summed E-state index contributed by atoms with van der Waals surface area (Å²) in [6, 6.07) is 0. The molecule has 3 heteroatoms. The number of carbonyl (C=O) groups is 1. The Morgan fingerprint density at radius 1 is 1.45 bits per heavy atom. The Labute approximate surface area is 122 Å². The van der Waals surface area contributed by atoms with E-state index in [2.05, 4.69) is 13.0 Å². The molecule has 0 heterocycles. The number of aliphatic carboxylic acids is 1. The Morgan fingerprint density at radius 2 is 2.10 bits per heavy atom. The van der Waals surface area contributed by atoms with Crippen LogP contribution < -0.4 is 0 Å². The number of carboxylic acids is 1. The second kappa shape index (κ2) is 6.57. The van der Waals surface area contributed by atoms with Crippen molar-refractivity contribution in [3.8, 4) is 0 Å². The van der Waals surface area contributed by atoms with Crippen molar-refractivity contribution < 1.29 is 14.6 Å². The van der Waals surface area contributed by atoms with Crippen molar-refractivity contribution in [2.75, 3.05) is 13.7 Å². The summed E-state index contributed by atoms with van der Waals surface area (Å²) in [5, 5.41) is 9.95. The maximum Gasteiger partial charge on any atom is 0.314 e. The van der Waals surface area contributed by atoms with Gasteiger partial charge in [0.05, 0.1) is 5.41 Å². The highest BCUT2D eigenvalue weighted by Gasteiger charge is 2.53. The molecule has 0 fully saturated rings. The topological polar surface area (TPSA) is 46.5 Å². The van der Waals surface area contributed by atoms with Crippen LogP contribution >= 0.6 is 0 Å². The first-order valence-electron chi connectivity index (χ1n) is 7.41. The summed E-state index contributed by atoms with van der Waals surface area (Å²) >= 11 is 0. The van der Waals surface area contributed by atoms with Crippen LogP contribution in [0, 0.1) is 16.7 Å². The minimum atomic E-state index is -0.833. The maximum atomic E-state index is 12.1. The molecule has 1 rings (SSSR count). The molecule has 20 heavy (non-hydrogen) atoms. The SMILES string of the molecule is CCCC1C(CCOC)=CC=CC1(C(=O)O)C(C)(C)C. The molecule has 0 aromatic heterocycles. The van der Waals surface area contributed by atoms with E-state index >= 15 is 0 Å². The van der Waals surface area contributed by atoms with Gasteiger partial charge in [-0.1, -0.05) is 57.9 Å². The third-order valence-corrected chi connectivity index (χ3v) is 4.43. The van der Waals surface area contributed by atoms with E-state index in [4.69, 9.17) is 4.74 Å². The molecule has 0 bridgehead atoms. The van der Waals surface area contributed by atoms with Gasteiger partial charge in [0.15, 0.2) is 0 Å². The third kappa shape index (κ3) is 2.98. The van der Waals surface area contributed by atoms with E-state index in [-0.39, 0.29) is 11.3 Å². The average molecular weight is 280 g/mol. The fraction of sp³-hybridized carbons (Fsp3) is 0.706. The molecule has 2 atom stereocenters. The van der Waals surface area contributed by atoms with Crippen molar-refractivity contribution >= 4 is 5.97 Å². The van der Waals surface area contributed by atoms with Crippen LogP contribution in [0.15, 0.2) is 23.8 Å². The predicted octanol–water partition coefficient (Wildman–Crippen LogP) is 4.05. The lowest BCUT2D eigenvalue weighted by molar-refractivity contribution is -0.155. The molecule has 0 amide bonds. The molecule has 3 nitrogen and oxygen atoms in total. The second-order valence-electron chi connectivity index (χ2n) is 6.61. The lowest BCUT2D eigenvalue weighted by Crippen LogP contribution is -2.49. The number of hydrogen-bond acceptors (Lipinski definition) is 2. The Morgan fingerprint density at radius 3 is 2.55 bits per heavy atom. The van der Waals surface area contributed by atoms with Gasteiger partial charge < -0.3 is 9.84 Å². The zero-order valence-electron chi connectivity index (χ0n) is 13.4. The Bertz CT molecular complexity index is 401. The first-order chi connectivity index (χ1) is 9.31. The first-order valence-corrected chi connectivity index (χ1v) is 7.41. The summed E-state index contributed by atoms with van der Waals surface area (Å²) < 4.78 is 5.17. The summed E-state index contributed by atoms with van der Waals surface area (Å²) in [6.45, 7) is 8.81. The highest BCUT2D eigenvalue weighted by Crippen LogP contribution is 2.53. The smallest absolute Gasteiger partial charge is 0.314 e. The van der Waals surface area contributed by atoms with Gasteiger partial charge in [0.1, 0.15) is 0 Å². The van der Waals surface area contributed by atoms with Gasteiger partial charge >= 0.3 is 5.97 Å². The number of hydrogen-bond donors (Lipinski definition) is 1. The summed E-state index contributed by atoms with van der Waals surface area (Å²) in [5.74, 6) is -0.673. The molecule has 0 radical (unpaired) electrons. The maximum absolute atomic E-state index is 12.1. The summed E-state index contributed by atoms with van der Waals surface area (Å²) in [5.41, 5.74) is 0.0382. The van der Waals surface area contributed by atoms with E-state index in [1.165, 1.54) is 5.57 Å². The van der Waals surface area contributed by atoms with Crippen LogP contribution in [0.1, 0.15) is 47.0 Å². The average Bonchev–Trinajstić information content (AvgIpc) is 2.35. The fourth-order valence-electron chi connectivity index (χ4n) is 3.34. The van der Waals surface area contributed by atoms with Gasteiger partial charge in [0.2, 0.25) is 0 Å². The number of rotatable bonds is 6. The highest BCUT2D eigenvalue weighted by atomic mass is 16.5. The molecule has 0 aromatic carbocycles. The van der Waals surface area contributed by atoms with Crippen LogP contribution in [0.25, 0.3) is 0 Å². The molecule has 1 aliphatic carbocycles. The third-order valence-electron chi connectivity index (χ3n) is 4.43. The molecule has 1 aliphatic rings. The Kier molecular flexibility index (Phi) is 5.58. The van der Waals surface area contributed by atoms with Crippen LogP contribution in [0.4, 0.5) is 0 Å². The van der Waals surface area contributed by atoms with Crippen LogP contribution in [-0.4, -0.2) is 24.8 Å². The fourth-order valence-corrected chi connectivity index (χ4v) is 3.34. The van der Waals surface area contributed by atoms with Gasteiger partial charge in [-0.15, -0.1) is 0 Å². The lowest BCUT2D eigenvalue weighted by atomic mass is 9.55. The largest absolute Gasteiger partial charge is 0.481 e. The Balaban J connectivity index is 3.26. The van der Waals surface area contributed by atoms with Gasteiger partial charge in [0, 0.05) is 19.6 Å². The molecule has 2 unspecified atom stereocenters. The van der Waals surface area contributed by atoms with Crippen molar-refractivity contribution in [2.24, 2.45) is 16.7 Å². The van der Waals surface area contributed by atoms with Gasteiger partial charge in [-0.05, 0) is 18.3 Å². The first kappa shape index (κ1) is 17.0. The molecule has 0 spiro atoms. The molecule has 0 saturated heterocycles. The molecule has 0 aliphatic heterocycles. The molecule has 0 aromatic rings. The van der Waals surface area contributed by atoms with E-state index in [9.17, 15) is 9.90 Å². The standard InChI is InChI=1S/C17H28O3/c1-6-8-14-13(10-12-20-5)9-7-11-17(14,15(18)19)16(2,3)4/h7,9,11,14H,6,8,10,12H2,1-5H3,(H,18,19). The van der Waals surface area contributed by atoms with Crippen LogP contribution in [0.2, 0.25) is 0 Å². The second-order valence-corrected chi connectivity index (χ2v) is 6.61. The van der Waals surface area contributed by atoms with Gasteiger partial charge in [-0.3, -0.25) is 4.79 Å². The number of allylic oxidation sites excluding steroid dienone is 2. The monoisotopic (exact) mass is 280 g/mol. The quantitative estimate of drug-likeness (QED) is 0.798. The van der Waals surface area contributed by atoms with Crippen molar-refractivity contribution in [2.45, 2.75) is 47.0 Å². The predicted molar refractivity (Wildman–Crippen MR) is 81.6 cm³/mol. The van der Waals surface area contributed by atoms with Gasteiger partial charge in [-0.25, -0.2) is 0 Å². The molecule has 1 N–H and O–H groups in total. The highest BCUT2D eigenvalue weighted by molar-refractivity contribution is 5.80. The van der Waals surface area contributed by atoms with E-state index in [0.717, 1.165) is 19.3 Å². The number of methoxy groups -OCH3 is 1. The number of ether oxygens (including phenoxy) is 1. The zero-order valence-corrected chi connectivity index (χ0v) is 13.4. The van der Waals surface area contributed by atoms with Gasteiger partial charge in [0.25, 0.3) is 0 Å². The van der Waals surface area contributed by atoms with Crippen LogP contribution in [-0.2, 0) is 9.53 Å². The van der Waals surface area contributed by atoms with E-state index < -0.39 is 11.4 Å². The normalized spacial score (nSPS) is 26.4. The Hall–Kier alpha value is -1.09. The minimum absolute atomic E-state index is 0.0464. The van der Waals surface area contributed by atoms with Crippen molar-refractivity contribution in [1.29, 1.82) is 0 Å². The van der Waals surface area contributed by atoms with E-state index in [1.807, 2.05) is 32.9 Å². The van der Waals surface area contributed by atoms with E-state index in [1.54, 1.807) is 7.11 Å².